The summed E-state index contributed by atoms with van der Waals surface area (Å²) >= 11 is 0. The molecule has 1 amide bonds. The standard InChI is InChI=1S/C14H18N4O3.ClH/c1-15-7-8-16-12(19)6-9-18-11-5-3-2-4-10(11)13(20)17-14(18)21;/h2-5,15H,6-9H2,1H3,(H,16,19)(H,17,20,21);1H. The van der Waals surface area contributed by atoms with E-state index in [1.54, 1.807) is 31.3 Å². The van der Waals surface area contributed by atoms with E-state index >= 15 is 0 Å². The van der Waals surface area contributed by atoms with Crippen LogP contribution in [0, 0.1) is 0 Å². The van der Waals surface area contributed by atoms with Gasteiger partial charge in [0.25, 0.3) is 5.56 Å². The van der Waals surface area contributed by atoms with Crippen LogP contribution in [0.2, 0.25) is 0 Å². The number of aryl methyl sites for hydroxylation is 1. The molecule has 3 N–H and O–H groups in total. The van der Waals surface area contributed by atoms with E-state index in [9.17, 15) is 14.4 Å². The van der Waals surface area contributed by atoms with Crippen LogP contribution in [-0.4, -0.2) is 35.6 Å². The molecule has 0 aliphatic rings. The van der Waals surface area contributed by atoms with E-state index in [4.69, 9.17) is 0 Å². The van der Waals surface area contributed by atoms with Gasteiger partial charge in [0.15, 0.2) is 0 Å². The van der Waals surface area contributed by atoms with Gasteiger partial charge in [0.1, 0.15) is 0 Å². The minimum Gasteiger partial charge on any atom is -0.355 e. The first kappa shape index (κ1) is 17.9. The fourth-order valence-electron chi connectivity index (χ4n) is 2.09. The second-order valence-corrected chi connectivity index (χ2v) is 4.63. The van der Waals surface area contributed by atoms with Gasteiger partial charge in [0.05, 0.1) is 10.9 Å². The summed E-state index contributed by atoms with van der Waals surface area (Å²) in [4.78, 5) is 37.5. The number of likely N-dealkylation sites (N-methyl/N-ethyl adjacent to an activating group) is 1. The zero-order chi connectivity index (χ0) is 15.2. The maximum absolute atomic E-state index is 11.9. The van der Waals surface area contributed by atoms with Crippen molar-refractivity contribution in [2.75, 3.05) is 20.1 Å². The molecule has 0 atom stereocenters. The molecule has 0 unspecified atom stereocenters. The lowest BCUT2D eigenvalue weighted by Crippen LogP contribution is -2.34. The zero-order valence-electron chi connectivity index (χ0n) is 12.2. The molecule has 0 fully saturated rings. The number of carbonyl (C=O) groups is 1. The Labute approximate surface area is 133 Å². The van der Waals surface area contributed by atoms with Crippen molar-refractivity contribution < 1.29 is 4.79 Å². The SMILES string of the molecule is CNCCNC(=O)CCn1c(=O)[nH]c(=O)c2ccccc21.Cl. The lowest BCUT2D eigenvalue weighted by atomic mass is 10.2. The second-order valence-electron chi connectivity index (χ2n) is 4.63. The van der Waals surface area contributed by atoms with E-state index in [2.05, 4.69) is 15.6 Å². The van der Waals surface area contributed by atoms with Crippen LogP contribution in [0.1, 0.15) is 6.42 Å². The number of nitrogens with zero attached hydrogens (tertiary/aromatic N) is 1. The van der Waals surface area contributed by atoms with Gasteiger partial charge in [-0.2, -0.15) is 0 Å². The van der Waals surface area contributed by atoms with Crippen molar-refractivity contribution in [1.29, 1.82) is 0 Å². The maximum Gasteiger partial charge on any atom is 0.328 e. The molecule has 0 saturated carbocycles. The van der Waals surface area contributed by atoms with Crippen LogP contribution in [0.15, 0.2) is 33.9 Å². The minimum absolute atomic E-state index is 0. The number of para-hydroxylation sites is 1. The van der Waals surface area contributed by atoms with Crippen molar-refractivity contribution in [3.63, 3.8) is 0 Å². The Morgan fingerprint density at radius 3 is 2.68 bits per heavy atom. The lowest BCUT2D eigenvalue weighted by Gasteiger charge is -2.09. The molecular weight excluding hydrogens is 308 g/mol. The monoisotopic (exact) mass is 326 g/mol. The normalized spacial score (nSPS) is 10.2. The van der Waals surface area contributed by atoms with Crippen LogP contribution >= 0.6 is 12.4 Å². The Kier molecular flexibility index (Phi) is 6.81. The molecule has 22 heavy (non-hydrogen) atoms. The van der Waals surface area contributed by atoms with E-state index in [1.807, 2.05) is 0 Å². The topological polar surface area (TPSA) is 96.0 Å². The number of aromatic amines is 1. The van der Waals surface area contributed by atoms with Crippen molar-refractivity contribution >= 4 is 29.2 Å². The van der Waals surface area contributed by atoms with E-state index in [0.717, 1.165) is 0 Å². The van der Waals surface area contributed by atoms with Gasteiger partial charge in [-0.05, 0) is 19.2 Å². The second kappa shape index (κ2) is 8.35. The highest BCUT2D eigenvalue weighted by molar-refractivity contribution is 5.85. The molecular formula is C14H19ClN4O3. The summed E-state index contributed by atoms with van der Waals surface area (Å²) in [7, 11) is 1.80. The molecule has 0 aliphatic heterocycles. The molecule has 1 heterocycles. The van der Waals surface area contributed by atoms with E-state index in [1.165, 1.54) is 4.57 Å². The van der Waals surface area contributed by atoms with E-state index < -0.39 is 11.2 Å². The Morgan fingerprint density at radius 2 is 1.95 bits per heavy atom. The number of rotatable bonds is 6. The summed E-state index contributed by atoms with van der Waals surface area (Å²) in [6.07, 6.45) is 0.180. The van der Waals surface area contributed by atoms with Crippen molar-refractivity contribution in [2.24, 2.45) is 0 Å². The number of hydrogen-bond donors (Lipinski definition) is 3. The van der Waals surface area contributed by atoms with Crippen molar-refractivity contribution in [1.82, 2.24) is 20.2 Å². The van der Waals surface area contributed by atoms with Crippen LogP contribution < -0.4 is 21.9 Å². The first-order valence-electron chi connectivity index (χ1n) is 6.76. The number of carbonyl (C=O) groups excluding carboxylic acids is 1. The van der Waals surface area contributed by atoms with E-state index in [0.29, 0.717) is 24.0 Å². The first-order chi connectivity index (χ1) is 10.1. The largest absolute Gasteiger partial charge is 0.355 e. The third kappa shape index (κ3) is 4.19. The summed E-state index contributed by atoms with van der Waals surface area (Å²) in [5, 5.41) is 6.11. The predicted molar refractivity (Wildman–Crippen MR) is 87.6 cm³/mol. The molecule has 0 radical (unpaired) electrons. The smallest absolute Gasteiger partial charge is 0.328 e. The van der Waals surface area contributed by atoms with Crippen LogP contribution in [0.4, 0.5) is 0 Å². The van der Waals surface area contributed by atoms with E-state index in [-0.39, 0.29) is 31.3 Å². The molecule has 1 aromatic carbocycles. The van der Waals surface area contributed by atoms with Crippen LogP contribution in [0.3, 0.4) is 0 Å². The average molecular weight is 327 g/mol. The van der Waals surface area contributed by atoms with Gasteiger partial charge in [-0.3, -0.25) is 19.1 Å². The number of H-pyrrole nitrogens is 1. The number of benzene rings is 1. The fourth-order valence-corrected chi connectivity index (χ4v) is 2.09. The van der Waals surface area contributed by atoms with Crippen molar-refractivity contribution in [3.8, 4) is 0 Å². The average Bonchev–Trinajstić information content (AvgIpc) is 2.47. The lowest BCUT2D eigenvalue weighted by molar-refractivity contribution is -0.121. The summed E-state index contributed by atoms with van der Waals surface area (Å²) in [6, 6.07) is 6.84. The molecule has 0 bridgehead atoms. The number of halogens is 1. The summed E-state index contributed by atoms with van der Waals surface area (Å²) in [5.41, 5.74) is -0.374. The van der Waals surface area contributed by atoms with Crippen LogP contribution in [-0.2, 0) is 11.3 Å². The van der Waals surface area contributed by atoms with Gasteiger partial charge in [-0.25, -0.2) is 4.79 Å². The quantitative estimate of drug-likeness (QED) is 0.643. The van der Waals surface area contributed by atoms with Gasteiger partial charge in [0, 0.05) is 26.1 Å². The maximum atomic E-state index is 11.9. The van der Waals surface area contributed by atoms with Gasteiger partial charge in [0.2, 0.25) is 5.91 Å². The Hall–Kier alpha value is -2.12. The summed E-state index contributed by atoms with van der Waals surface area (Å²) in [5.74, 6) is -0.132. The summed E-state index contributed by atoms with van der Waals surface area (Å²) < 4.78 is 1.41. The molecule has 2 aromatic rings. The van der Waals surface area contributed by atoms with Crippen molar-refractivity contribution in [3.05, 3.63) is 45.1 Å². The highest BCUT2D eigenvalue weighted by atomic mass is 35.5. The van der Waals surface area contributed by atoms with Crippen molar-refractivity contribution in [2.45, 2.75) is 13.0 Å². The number of aromatic nitrogens is 2. The van der Waals surface area contributed by atoms with Crippen LogP contribution in [0.25, 0.3) is 10.9 Å². The van der Waals surface area contributed by atoms with Gasteiger partial charge < -0.3 is 10.6 Å². The highest BCUT2D eigenvalue weighted by Crippen LogP contribution is 2.06. The first-order valence-corrected chi connectivity index (χ1v) is 6.76. The number of fused-ring (bicyclic) bond motifs is 1. The zero-order valence-corrected chi connectivity index (χ0v) is 13.0. The molecule has 0 aliphatic carbocycles. The third-order valence-electron chi connectivity index (χ3n) is 3.16. The van der Waals surface area contributed by atoms with Gasteiger partial charge in [-0.15, -0.1) is 12.4 Å². The number of amides is 1. The predicted octanol–water partition coefficient (Wildman–Crippen LogP) is -0.163. The molecule has 120 valence electrons. The van der Waals surface area contributed by atoms with Gasteiger partial charge in [-0.1, -0.05) is 12.1 Å². The number of hydrogen-bond acceptors (Lipinski definition) is 4. The Morgan fingerprint density at radius 1 is 1.23 bits per heavy atom. The van der Waals surface area contributed by atoms with Gasteiger partial charge >= 0.3 is 5.69 Å². The third-order valence-corrected chi connectivity index (χ3v) is 3.16. The van der Waals surface area contributed by atoms with Crippen LogP contribution in [0.5, 0.6) is 0 Å². The molecule has 7 nitrogen and oxygen atoms in total. The summed E-state index contributed by atoms with van der Waals surface area (Å²) in [6.45, 7) is 1.45. The Balaban J connectivity index is 0.00000242. The molecule has 0 spiro atoms. The Bertz CT molecular complexity index is 754. The molecule has 8 heteroatoms. The molecule has 0 saturated heterocycles. The minimum atomic E-state index is -0.498. The molecule has 2 rings (SSSR count). The number of nitrogens with one attached hydrogen (secondary N) is 3. The fraction of sp³-hybridized carbons (Fsp3) is 0.357. The highest BCUT2D eigenvalue weighted by Gasteiger charge is 2.08. The molecule has 1 aromatic heterocycles.